The molecule has 7 heteroatoms. The molecule has 1 amide bonds. The Labute approximate surface area is 151 Å². The molecule has 4 aromatic rings. The average Bonchev–Trinajstić information content (AvgIpc) is 2.99. The molecule has 0 saturated heterocycles. The van der Waals surface area contributed by atoms with Gasteiger partial charge in [-0.2, -0.15) is 0 Å². The molecule has 0 aliphatic heterocycles. The summed E-state index contributed by atoms with van der Waals surface area (Å²) in [7, 11) is 0. The number of rotatable bonds is 3. The average molecular weight is 367 g/mol. The SMILES string of the molecule is Cc1nc2c(sc3cccc(F)c32)c(=O)n1CC(=O)Nc1ccccc1. The van der Waals surface area contributed by atoms with Crippen molar-refractivity contribution in [3.8, 4) is 0 Å². The molecule has 26 heavy (non-hydrogen) atoms. The molecule has 0 atom stereocenters. The van der Waals surface area contributed by atoms with E-state index in [0.29, 0.717) is 31.8 Å². The summed E-state index contributed by atoms with van der Waals surface area (Å²) in [6.07, 6.45) is 0. The number of carbonyl (C=O) groups excluding carboxylic acids is 1. The van der Waals surface area contributed by atoms with Crippen molar-refractivity contribution >= 4 is 43.2 Å². The van der Waals surface area contributed by atoms with Crippen molar-refractivity contribution in [1.29, 1.82) is 0 Å². The van der Waals surface area contributed by atoms with Gasteiger partial charge in [-0.1, -0.05) is 24.3 Å². The molecule has 0 spiro atoms. The Morgan fingerprint density at radius 1 is 1.19 bits per heavy atom. The van der Waals surface area contributed by atoms with Crippen LogP contribution in [-0.2, 0) is 11.3 Å². The number of nitrogens with zero attached hydrogens (tertiary/aromatic N) is 2. The molecule has 1 N–H and O–H groups in total. The number of hydrogen-bond donors (Lipinski definition) is 1. The van der Waals surface area contributed by atoms with Gasteiger partial charge in [0.25, 0.3) is 5.56 Å². The molecular formula is C19H14FN3O2S. The van der Waals surface area contributed by atoms with Gasteiger partial charge < -0.3 is 5.32 Å². The summed E-state index contributed by atoms with van der Waals surface area (Å²) in [6, 6.07) is 13.7. The van der Waals surface area contributed by atoms with Crippen molar-refractivity contribution in [1.82, 2.24) is 9.55 Å². The number of aromatic nitrogens is 2. The molecule has 2 aromatic carbocycles. The highest BCUT2D eigenvalue weighted by Crippen LogP contribution is 2.32. The third-order valence-corrected chi connectivity index (χ3v) is 5.23. The number of carbonyl (C=O) groups is 1. The number of para-hydroxylation sites is 1. The van der Waals surface area contributed by atoms with E-state index in [1.54, 1.807) is 31.2 Å². The third-order valence-electron chi connectivity index (χ3n) is 4.10. The van der Waals surface area contributed by atoms with E-state index >= 15 is 0 Å². The van der Waals surface area contributed by atoms with Crippen LogP contribution in [0.2, 0.25) is 0 Å². The van der Waals surface area contributed by atoms with Crippen molar-refractivity contribution in [2.24, 2.45) is 0 Å². The fourth-order valence-electron chi connectivity index (χ4n) is 2.89. The molecule has 0 bridgehead atoms. The maximum Gasteiger partial charge on any atom is 0.272 e. The smallest absolute Gasteiger partial charge is 0.272 e. The van der Waals surface area contributed by atoms with Crippen LogP contribution in [0.15, 0.2) is 53.3 Å². The number of nitrogens with one attached hydrogen (secondary N) is 1. The van der Waals surface area contributed by atoms with Gasteiger partial charge in [0, 0.05) is 10.4 Å². The summed E-state index contributed by atoms with van der Waals surface area (Å²) in [5.74, 6) is -0.358. The number of fused-ring (bicyclic) bond motifs is 3. The topological polar surface area (TPSA) is 64.0 Å². The van der Waals surface area contributed by atoms with E-state index in [2.05, 4.69) is 10.3 Å². The van der Waals surface area contributed by atoms with Crippen LogP contribution in [0.5, 0.6) is 0 Å². The number of aryl methyl sites for hydroxylation is 1. The van der Waals surface area contributed by atoms with Gasteiger partial charge in [-0.25, -0.2) is 9.37 Å². The van der Waals surface area contributed by atoms with Crippen molar-refractivity contribution in [2.75, 3.05) is 5.32 Å². The van der Waals surface area contributed by atoms with Crippen molar-refractivity contribution < 1.29 is 9.18 Å². The van der Waals surface area contributed by atoms with Gasteiger partial charge >= 0.3 is 0 Å². The number of benzene rings is 2. The number of amides is 1. The maximum absolute atomic E-state index is 14.2. The van der Waals surface area contributed by atoms with Crippen molar-refractivity contribution in [3.05, 3.63) is 70.5 Å². The zero-order chi connectivity index (χ0) is 18.3. The zero-order valence-electron chi connectivity index (χ0n) is 13.8. The molecule has 4 rings (SSSR count). The Bertz CT molecular complexity index is 1200. The first-order chi connectivity index (χ1) is 12.5. The minimum Gasteiger partial charge on any atom is -0.325 e. The van der Waals surface area contributed by atoms with E-state index in [-0.39, 0.29) is 18.0 Å². The lowest BCUT2D eigenvalue weighted by molar-refractivity contribution is -0.116. The summed E-state index contributed by atoms with van der Waals surface area (Å²) in [5, 5.41) is 3.10. The van der Waals surface area contributed by atoms with E-state index in [1.165, 1.54) is 22.0 Å². The maximum atomic E-state index is 14.2. The summed E-state index contributed by atoms with van der Waals surface area (Å²) >= 11 is 1.19. The van der Waals surface area contributed by atoms with E-state index in [0.717, 1.165) is 0 Å². The quantitative estimate of drug-likeness (QED) is 0.601. The van der Waals surface area contributed by atoms with Crippen LogP contribution in [0.25, 0.3) is 20.3 Å². The van der Waals surface area contributed by atoms with Gasteiger partial charge in [0.1, 0.15) is 22.9 Å². The van der Waals surface area contributed by atoms with Gasteiger partial charge in [0.05, 0.1) is 10.9 Å². The van der Waals surface area contributed by atoms with Crippen LogP contribution in [-0.4, -0.2) is 15.5 Å². The van der Waals surface area contributed by atoms with Crippen LogP contribution in [0.3, 0.4) is 0 Å². The van der Waals surface area contributed by atoms with Crippen LogP contribution in [0, 0.1) is 12.7 Å². The fourth-order valence-corrected chi connectivity index (χ4v) is 3.99. The first kappa shape index (κ1) is 16.4. The van der Waals surface area contributed by atoms with Gasteiger partial charge in [-0.3, -0.25) is 14.2 Å². The number of anilines is 1. The molecule has 2 heterocycles. The lowest BCUT2D eigenvalue weighted by Gasteiger charge is -2.10. The van der Waals surface area contributed by atoms with Crippen molar-refractivity contribution in [2.45, 2.75) is 13.5 Å². The Morgan fingerprint density at radius 3 is 2.73 bits per heavy atom. The minimum absolute atomic E-state index is 0.154. The molecular weight excluding hydrogens is 353 g/mol. The second-order valence-electron chi connectivity index (χ2n) is 5.86. The molecule has 0 unspecified atom stereocenters. The standard InChI is InChI=1S/C19H14FN3O2S/c1-11-21-17-16-13(20)8-5-9-14(16)26-18(17)19(25)23(11)10-15(24)22-12-6-3-2-4-7-12/h2-9H,10H2,1H3,(H,22,24). The first-order valence-corrected chi connectivity index (χ1v) is 8.79. The second kappa shape index (κ2) is 6.34. The molecule has 0 fully saturated rings. The Hall–Kier alpha value is -3.06. The lowest BCUT2D eigenvalue weighted by Crippen LogP contribution is -2.29. The van der Waals surface area contributed by atoms with Crippen LogP contribution < -0.4 is 10.9 Å². The van der Waals surface area contributed by atoms with Gasteiger partial charge in [-0.15, -0.1) is 11.3 Å². The van der Waals surface area contributed by atoms with Crippen LogP contribution >= 0.6 is 11.3 Å². The summed E-state index contributed by atoms with van der Waals surface area (Å²) in [6.45, 7) is 1.49. The van der Waals surface area contributed by atoms with E-state index in [9.17, 15) is 14.0 Å². The highest BCUT2D eigenvalue weighted by Gasteiger charge is 2.17. The van der Waals surface area contributed by atoms with Crippen molar-refractivity contribution in [3.63, 3.8) is 0 Å². The predicted octanol–water partition coefficient (Wildman–Crippen LogP) is 3.70. The molecule has 0 aliphatic rings. The summed E-state index contributed by atoms with van der Waals surface area (Å²) in [4.78, 5) is 29.5. The van der Waals surface area contributed by atoms with Gasteiger partial charge in [-0.05, 0) is 31.2 Å². The zero-order valence-corrected chi connectivity index (χ0v) is 14.6. The predicted molar refractivity (Wildman–Crippen MR) is 101 cm³/mol. The number of thiophene rings is 1. The second-order valence-corrected chi connectivity index (χ2v) is 6.91. The fraction of sp³-hybridized carbons (Fsp3) is 0.105. The van der Waals surface area contributed by atoms with Crippen LogP contribution in [0.1, 0.15) is 5.82 Å². The normalized spacial score (nSPS) is 11.2. The van der Waals surface area contributed by atoms with Gasteiger partial charge in [0.2, 0.25) is 5.91 Å². The lowest BCUT2D eigenvalue weighted by atomic mass is 10.2. The Morgan fingerprint density at radius 2 is 1.96 bits per heavy atom. The summed E-state index contributed by atoms with van der Waals surface area (Å²) < 4.78 is 16.5. The molecule has 0 saturated carbocycles. The summed E-state index contributed by atoms with van der Waals surface area (Å²) in [5.41, 5.74) is 0.669. The molecule has 5 nitrogen and oxygen atoms in total. The molecule has 0 radical (unpaired) electrons. The van der Waals surface area contributed by atoms with Gasteiger partial charge in [0.15, 0.2) is 0 Å². The van der Waals surface area contributed by atoms with E-state index < -0.39 is 5.82 Å². The first-order valence-electron chi connectivity index (χ1n) is 7.97. The third kappa shape index (κ3) is 2.76. The number of hydrogen-bond acceptors (Lipinski definition) is 4. The van der Waals surface area contributed by atoms with E-state index in [1.807, 2.05) is 18.2 Å². The Kier molecular flexibility index (Phi) is 4.00. The Balaban J connectivity index is 1.76. The highest BCUT2D eigenvalue weighted by atomic mass is 32.1. The number of halogens is 1. The molecule has 130 valence electrons. The highest BCUT2D eigenvalue weighted by molar-refractivity contribution is 7.25. The molecule has 2 aromatic heterocycles. The molecule has 0 aliphatic carbocycles. The minimum atomic E-state index is -0.403. The monoisotopic (exact) mass is 367 g/mol. The largest absolute Gasteiger partial charge is 0.325 e. The van der Waals surface area contributed by atoms with E-state index in [4.69, 9.17) is 0 Å². The van der Waals surface area contributed by atoms with Crippen LogP contribution in [0.4, 0.5) is 10.1 Å².